The normalized spacial score (nSPS) is 15.4. The lowest BCUT2D eigenvalue weighted by Crippen LogP contribution is -2.37. The fraction of sp³-hybridized carbons (Fsp3) is 0.457. The molecule has 1 aliphatic heterocycles. The standard InChI is InChI=1S/C35H42F3N7O5S/c1-34(2,35(36,37)38)24-50-29-19-22-45(42-29)33-32-26-15-9-8-14-25(26)13-6-3-4-10-20-44(21-11-5-7-18-31(46)47)28-16-12-17-30(41-28)51(48,49)43-27(40-32)23-39-33/h8-9,12,14-17,19,22-23H,3-7,10-11,13,18,20-21,24H2,1-2H3,(H,40,43)(H,46,47). The summed E-state index contributed by atoms with van der Waals surface area (Å²) in [6, 6.07) is 13.8. The molecule has 1 aromatic carbocycles. The van der Waals surface area contributed by atoms with Gasteiger partial charge in [0.2, 0.25) is 5.88 Å². The van der Waals surface area contributed by atoms with Crippen molar-refractivity contribution in [3.05, 3.63) is 66.5 Å². The van der Waals surface area contributed by atoms with E-state index in [9.17, 15) is 26.4 Å². The first-order valence-corrected chi connectivity index (χ1v) is 18.4. The monoisotopic (exact) mass is 729 g/mol. The predicted octanol–water partition coefficient (Wildman–Crippen LogP) is 7.06. The van der Waals surface area contributed by atoms with Gasteiger partial charge >= 0.3 is 12.1 Å². The zero-order valence-corrected chi connectivity index (χ0v) is 29.4. The Morgan fingerprint density at radius 1 is 0.980 bits per heavy atom. The fourth-order valence-corrected chi connectivity index (χ4v) is 6.53. The molecule has 4 bridgehead atoms. The lowest BCUT2D eigenvalue weighted by atomic mass is 9.94. The van der Waals surface area contributed by atoms with Crippen molar-refractivity contribution in [1.82, 2.24) is 24.7 Å². The minimum Gasteiger partial charge on any atom is -0.481 e. The molecular weight excluding hydrogens is 687 g/mol. The molecular formula is C35H42F3N7O5S. The van der Waals surface area contributed by atoms with Gasteiger partial charge in [-0.2, -0.15) is 21.6 Å². The number of aryl methyl sites for hydroxylation is 1. The van der Waals surface area contributed by atoms with Crippen LogP contribution in [-0.2, 0) is 21.2 Å². The summed E-state index contributed by atoms with van der Waals surface area (Å²) >= 11 is 0. The number of carboxylic acids is 1. The minimum atomic E-state index is -4.47. The van der Waals surface area contributed by atoms with Crippen LogP contribution >= 0.6 is 0 Å². The summed E-state index contributed by atoms with van der Waals surface area (Å²) in [5.74, 6) is -0.197. The van der Waals surface area contributed by atoms with E-state index in [0.717, 1.165) is 57.9 Å². The van der Waals surface area contributed by atoms with E-state index in [4.69, 9.17) is 14.8 Å². The van der Waals surface area contributed by atoms with Crippen LogP contribution in [0.4, 0.5) is 24.8 Å². The molecule has 0 saturated carbocycles. The number of nitrogens with one attached hydrogen (secondary N) is 1. The second-order valence-corrected chi connectivity index (χ2v) is 14.8. The van der Waals surface area contributed by atoms with E-state index < -0.39 is 34.2 Å². The molecule has 0 fully saturated rings. The molecule has 2 N–H and O–H groups in total. The lowest BCUT2D eigenvalue weighted by Gasteiger charge is -2.26. The zero-order valence-electron chi connectivity index (χ0n) is 28.6. The Bertz CT molecular complexity index is 1920. The summed E-state index contributed by atoms with van der Waals surface area (Å²) in [5, 5.41) is 13.1. The van der Waals surface area contributed by atoms with Crippen molar-refractivity contribution in [3.8, 4) is 23.0 Å². The largest absolute Gasteiger partial charge is 0.481 e. The number of hydrogen-bond acceptors (Lipinski definition) is 9. The Balaban J connectivity index is 1.48. The first-order valence-electron chi connectivity index (χ1n) is 16.9. The van der Waals surface area contributed by atoms with Crippen LogP contribution in [0.5, 0.6) is 5.88 Å². The van der Waals surface area contributed by atoms with Crippen LogP contribution in [0.3, 0.4) is 0 Å². The van der Waals surface area contributed by atoms with Gasteiger partial charge in [-0.3, -0.25) is 9.52 Å². The van der Waals surface area contributed by atoms with Crippen LogP contribution in [0.25, 0.3) is 17.1 Å². The molecule has 5 rings (SSSR count). The van der Waals surface area contributed by atoms with Gasteiger partial charge < -0.3 is 14.7 Å². The number of ether oxygens (including phenoxy) is 1. The number of sulfonamides is 1. The Labute approximate surface area is 295 Å². The highest BCUT2D eigenvalue weighted by Gasteiger charge is 2.48. The molecule has 0 radical (unpaired) electrons. The first kappa shape index (κ1) is 37.5. The average molecular weight is 730 g/mol. The molecule has 0 amide bonds. The van der Waals surface area contributed by atoms with Crippen LogP contribution in [0, 0.1) is 5.41 Å². The number of pyridine rings is 1. The van der Waals surface area contributed by atoms with Gasteiger partial charge in [0.15, 0.2) is 16.7 Å². The zero-order chi connectivity index (χ0) is 36.6. The molecule has 0 unspecified atom stereocenters. The van der Waals surface area contributed by atoms with Gasteiger partial charge in [-0.15, -0.1) is 5.10 Å². The van der Waals surface area contributed by atoms with E-state index in [-0.39, 0.29) is 29.0 Å². The number of unbranched alkanes of at least 4 members (excludes halogenated alkanes) is 2. The van der Waals surface area contributed by atoms with Crippen LogP contribution in [0.1, 0.15) is 70.8 Å². The van der Waals surface area contributed by atoms with Gasteiger partial charge in [0, 0.05) is 37.3 Å². The van der Waals surface area contributed by atoms with Gasteiger partial charge in [-0.1, -0.05) is 49.6 Å². The number of halogens is 3. The van der Waals surface area contributed by atoms with E-state index >= 15 is 0 Å². The third kappa shape index (κ3) is 9.74. The maximum atomic E-state index is 13.7. The molecule has 4 heterocycles. The van der Waals surface area contributed by atoms with Crippen LogP contribution in [0.2, 0.25) is 0 Å². The van der Waals surface area contributed by atoms with Crippen molar-refractivity contribution in [1.29, 1.82) is 0 Å². The van der Waals surface area contributed by atoms with Crippen molar-refractivity contribution in [3.63, 3.8) is 0 Å². The van der Waals surface area contributed by atoms with Crippen molar-refractivity contribution < 1.29 is 36.2 Å². The summed E-state index contributed by atoms with van der Waals surface area (Å²) in [5.41, 5.74) is -0.120. The van der Waals surface area contributed by atoms with Crippen LogP contribution in [0.15, 0.2) is 66.0 Å². The van der Waals surface area contributed by atoms with Crippen molar-refractivity contribution in [2.24, 2.45) is 5.41 Å². The number of benzene rings is 1. The second-order valence-electron chi connectivity index (χ2n) is 13.1. The predicted molar refractivity (Wildman–Crippen MR) is 185 cm³/mol. The molecule has 0 atom stereocenters. The average Bonchev–Trinajstić information content (AvgIpc) is 3.56. The van der Waals surface area contributed by atoms with E-state index in [1.807, 2.05) is 29.2 Å². The number of carboxylic acid groups (broad SMARTS) is 1. The van der Waals surface area contributed by atoms with E-state index in [2.05, 4.69) is 19.8 Å². The van der Waals surface area contributed by atoms with Crippen LogP contribution < -0.4 is 14.4 Å². The van der Waals surface area contributed by atoms with Gasteiger partial charge in [0.1, 0.15) is 18.1 Å². The Kier molecular flexibility index (Phi) is 11.8. The Morgan fingerprint density at radius 3 is 2.55 bits per heavy atom. The molecule has 3 aromatic heterocycles. The first-order chi connectivity index (χ1) is 24.2. The van der Waals surface area contributed by atoms with E-state index in [1.165, 1.54) is 29.2 Å². The Morgan fingerprint density at radius 2 is 1.76 bits per heavy atom. The van der Waals surface area contributed by atoms with Gasteiger partial charge in [0.25, 0.3) is 10.0 Å². The number of anilines is 2. The molecule has 4 aromatic rings. The third-order valence-corrected chi connectivity index (χ3v) is 9.90. The molecule has 0 saturated heterocycles. The fourth-order valence-electron chi connectivity index (χ4n) is 5.58. The van der Waals surface area contributed by atoms with E-state index in [0.29, 0.717) is 43.0 Å². The minimum absolute atomic E-state index is 0.0380. The highest BCUT2D eigenvalue weighted by atomic mass is 32.2. The third-order valence-electron chi connectivity index (χ3n) is 8.65. The smallest absolute Gasteiger partial charge is 0.397 e. The van der Waals surface area contributed by atoms with Crippen molar-refractivity contribution >= 4 is 27.6 Å². The van der Waals surface area contributed by atoms with Crippen molar-refractivity contribution in [2.45, 2.75) is 82.8 Å². The summed E-state index contributed by atoms with van der Waals surface area (Å²) < 4.78 is 76.9. The second kappa shape index (κ2) is 16.1. The molecule has 274 valence electrons. The highest BCUT2D eigenvalue weighted by molar-refractivity contribution is 7.92. The number of alkyl halides is 3. The number of nitrogens with zero attached hydrogens (tertiary/aromatic N) is 6. The summed E-state index contributed by atoms with van der Waals surface area (Å²) in [4.78, 5) is 26.7. The van der Waals surface area contributed by atoms with Crippen molar-refractivity contribution in [2.75, 3.05) is 29.3 Å². The number of fused-ring (bicyclic) bond motifs is 6. The molecule has 12 nitrogen and oxygen atoms in total. The van der Waals surface area contributed by atoms with Gasteiger partial charge in [-0.25, -0.2) is 19.6 Å². The quantitative estimate of drug-likeness (QED) is 0.162. The van der Waals surface area contributed by atoms with Crippen LogP contribution in [-0.4, -0.2) is 70.1 Å². The topological polar surface area (TPSA) is 152 Å². The maximum absolute atomic E-state index is 13.7. The molecule has 16 heteroatoms. The van der Waals surface area contributed by atoms with Gasteiger partial charge in [-0.05, 0) is 63.6 Å². The number of carbonyl (C=O) groups is 1. The molecule has 1 aliphatic rings. The number of rotatable bonds is 10. The highest BCUT2D eigenvalue weighted by Crippen LogP contribution is 2.38. The number of hydrogen-bond donors (Lipinski definition) is 2. The maximum Gasteiger partial charge on any atom is 0.397 e. The number of aromatic nitrogens is 5. The summed E-state index contributed by atoms with van der Waals surface area (Å²) in [7, 11) is -4.23. The molecule has 51 heavy (non-hydrogen) atoms. The lowest BCUT2D eigenvalue weighted by molar-refractivity contribution is -0.219. The Hall–Kier alpha value is -4.73. The molecule has 0 spiro atoms. The SMILES string of the molecule is CC(C)(COc1ccn(-c2ncc3nc2-c2ccccc2CCCCCCN(CCCCCC(=O)O)c2cccc(n2)S(=O)(=O)N3)n1)C(F)(F)F. The summed E-state index contributed by atoms with van der Waals surface area (Å²) in [6.07, 6.45) is 4.72. The number of aliphatic carboxylic acids is 1. The summed E-state index contributed by atoms with van der Waals surface area (Å²) in [6.45, 7) is 2.72. The van der Waals surface area contributed by atoms with Gasteiger partial charge in [0.05, 0.1) is 11.6 Å². The van der Waals surface area contributed by atoms with E-state index in [1.54, 1.807) is 12.1 Å². The molecule has 0 aliphatic carbocycles.